The minimum Gasteiger partial charge on any atom is -0.232 e. The van der Waals surface area contributed by atoms with Crippen molar-refractivity contribution in [1.82, 2.24) is 4.98 Å². The number of alkyl halides is 3. The van der Waals surface area contributed by atoms with E-state index < -0.39 is 11.2 Å². The molecule has 2 aromatic rings. The van der Waals surface area contributed by atoms with Crippen LogP contribution < -0.4 is 0 Å². The number of aromatic nitrogens is 1. The van der Waals surface area contributed by atoms with Gasteiger partial charge in [-0.3, -0.25) is 0 Å². The van der Waals surface area contributed by atoms with Crippen LogP contribution >= 0.6 is 11.3 Å². The van der Waals surface area contributed by atoms with E-state index in [4.69, 9.17) is 0 Å². The van der Waals surface area contributed by atoms with Crippen molar-refractivity contribution in [3.05, 3.63) is 28.8 Å². The first kappa shape index (κ1) is 10.4. The smallest absolute Gasteiger partial charge is 0.232 e. The number of hydrogen-bond donors (Lipinski definition) is 0. The summed E-state index contributed by atoms with van der Waals surface area (Å²) in [6.45, 7) is 1.97. The van der Waals surface area contributed by atoms with Crippen LogP contribution in [0.5, 0.6) is 0 Å². The summed E-state index contributed by atoms with van der Waals surface area (Å²) in [6.07, 6.45) is -3.52. The summed E-state index contributed by atoms with van der Waals surface area (Å²) in [7, 11) is 0. The van der Waals surface area contributed by atoms with Crippen molar-refractivity contribution in [1.29, 1.82) is 0 Å². The lowest BCUT2D eigenvalue weighted by atomic mass is 10.2. The van der Waals surface area contributed by atoms with Crippen LogP contribution in [0.2, 0.25) is 0 Å². The Kier molecular flexibility index (Phi) is 2.42. The van der Waals surface area contributed by atoms with Crippen LogP contribution in [0, 0.1) is 0 Å². The number of benzene rings is 1. The number of hydrogen-bond acceptors (Lipinski definition) is 2. The van der Waals surface area contributed by atoms with Gasteiger partial charge in [0.2, 0.25) is 0 Å². The fourth-order valence-corrected chi connectivity index (χ4v) is 2.21. The van der Waals surface area contributed by atoms with Crippen LogP contribution in [0.1, 0.15) is 17.5 Å². The standard InChI is InChI=1S/C10H8F3NS/c1-2-6-3-4-7-8(5-6)15-9(14-7)10(11,12)13/h3-5H,2H2,1H3. The second-order valence-electron chi connectivity index (χ2n) is 3.17. The molecule has 0 aliphatic rings. The van der Waals surface area contributed by atoms with Crippen molar-refractivity contribution in [2.45, 2.75) is 19.5 Å². The van der Waals surface area contributed by atoms with Crippen LogP contribution in [-0.2, 0) is 12.6 Å². The molecule has 15 heavy (non-hydrogen) atoms. The molecular formula is C10H8F3NS. The maximum Gasteiger partial charge on any atom is 0.443 e. The van der Waals surface area contributed by atoms with E-state index >= 15 is 0 Å². The van der Waals surface area contributed by atoms with Gasteiger partial charge in [0.05, 0.1) is 10.2 Å². The minimum atomic E-state index is -4.34. The predicted molar refractivity (Wildman–Crippen MR) is 54.0 cm³/mol. The largest absolute Gasteiger partial charge is 0.443 e. The lowest BCUT2D eigenvalue weighted by Gasteiger charge is -1.98. The molecule has 1 nitrogen and oxygen atoms in total. The molecule has 0 aliphatic heterocycles. The summed E-state index contributed by atoms with van der Waals surface area (Å²) in [6, 6.07) is 5.21. The zero-order valence-electron chi connectivity index (χ0n) is 7.93. The SMILES string of the molecule is CCc1ccc2nc(C(F)(F)F)sc2c1. The van der Waals surface area contributed by atoms with Gasteiger partial charge < -0.3 is 0 Å². The molecule has 2 rings (SSSR count). The summed E-state index contributed by atoms with van der Waals surface area (Å²) in [4.78, 5) is 3.55. The Morgan fingerprint density at radius 2 is 2.07 bits per heavy atom. The summed E-state index contributed by atoms with van der Waals surface area (Å²) in [5.74, 6) is 0. The second kappa shape index (κ2) is 3.48. The molecule has 0 saturated carbocycles. The molecule has 0 fully saturated rings. The van der Waals surface area contributed by atoms with Gasteiger partial charge in [0.1, 0.15) is 0 Å². The number of rotatable bonds is 1. The molecule has 0 N–H and O–H groups in total. The highest BCUT2D eigenvalue weighted by molar-refractivity contribution is 7.18. The first-order valence-corrected chi connectivity index (χ1v) is 5.29. The van der Waals surface area contributed by atoms with E-state index in [1.54, 1.807) is 12.1 Å². The van der Waals surface area contributed by atoms with Gasteiger partial charge in [0.15, 0.2) is 5.01 Å². The first-order chi connectivity index (χ1) is 7.00. The maximum absolute atomic E-state index is 12.4. The zero-order chi connectivity index (χ0) is 11.1. The quantitative estimate of drug-likeness (QED) is 0.725. The van der Waals surface area contributed by atoms with Crippen LogP contribution in [0.15, 0.2) is 18.2 Å². The van der Waals surface area contributed by atoms with Crippen molar-refractivity contribution in [3.8, 4) is 0 Å². The van der Waals surface area contributed by atoms with Gasteiger partial charge >= 0.3 is 6.18 Å². The minimum absolute atomic E-state index is 0.421. The summed E-state index contributed by atoms with van der Waals surface area (Å²) in [5.41, 5.74) is 1.45. The second-order valence-corrected chi connectivity index (χ2v) is 4.20. The van der Waals surface area contributed by atoms with E-state index in [-0.39, 0.29) is 0 Å². The molecule has 0 bridgehead atoms. The van der Waals surface area contributed by atoms with E-state index in [2.05, 4.69) is 4.98 Å². The van der Waals surface area contributed by atoms with E-state index in [1.807, 2.05) is 13.0 Å². The van der Waals surface area contributed by atoms with Gasteiger partial charge in [0, 0.05) is 0 Å². The molecule has 0 aliphatic carbocycles. The van der Waals surface area contributed by atoms with Gasteiger partial charge in [-0.2, -0.15) is 13.2 Å². The van der Waals surface area contributed by atoms with Crippen LogP contribution in [0.4, 0.5) is 13.2 Å². The van der Waals surface area contributed by atoms with Crippen LogP contribution in [0.25, 0.3) is 10.2 Å². The van der Waals surface area contributed by atoms with E-state index in [9.17, 15) is 13.2 Å². The summed E-state index contributed by atoms with van der Waals surface area (Å²) < 4.78 is 37.7. The molecule has 1 aromatic heterocycles. The molecule has 0 radical (unpaired) electrons. The lowest BCUT2D eigenvalue weighted by molar-refractivity contribution is -0.137. The number of thiazole rings is 1. The molecule has 1 aromatic carbocycles. The molecule has 0 atom stereocenters. The first-order valence-electron chi connectivity index (χ1n) is 4.47. The third kappa shape index (κ3) is 1.97. The van der Waals surface area contributed by atoms with Crippen molar-refractivity contribution in [2.75, 3.05) is 0 Å². The Bertz CT molecular complexity index is 487. The maximum atomic E-state index is 12.4. The molecule has 5 heteroatoms. The molecular weight excluding hydrogens is 223 g/mol. The molecule has 0 saturated heterocycles. The van der Waals surface area contributed by atoms with Gasteiger partial charge in [-0.1, -0.05) is 13.0 Å². The number of fused-ring (bicyclic) bond motifs is 1. The Morgan fingerprint density at radius 1 is 1.33 bits per heavy atom. The highest BCUT2D eigenvalue weighted by Gasteiger charge is 2.34. The molecule has 0 spiro atoms. The van der Waals surface area contributed by atoms with E-state index in [1.165, 1.54) is 0 Å². The fourth-order valence-electron chi connectivity index (χ4n) is 1.31. The van der Waals surface area contributed by atoms with Crippen molar-refractivity contribution < 1.29 is 13.2 Å². The number of nitrogens with zero attached hydrogens (tertiary/aromatic N) is 1. The monoisotopic (exact) mass is 231 g/mol. The Morgan fingerprint density at radius 3 is 2.67 bits per heavy atom. The Hall–Kier alpha value is -1.10. The molecule has 0 amide bonds. The topological polar surface area (TPSA) is 12.9 Å². The highest BCUT2D eigenvalue weighted by Crippen LogP contribution is 2.35. The van der Waals surface area contributed by atoms with Gasteiger partial charge in [0.25, 0.3) is 0 Å². The fraction of sp³-hybridized carbons (Fsp3) is 0.300. The third-order valence-electron chi connectivity index (χ3n) is 2.10. The molecule has 80 valence electrons. The Labute approximate surface area is 88.6 Å². The lowest BCUT2D eigenvalue weighted by Crippen LogP contribution is -2.03. The van der Waals surface area contributed by atoms with E-state index in [0.717, 1.165) is 12.0 Å². The normalized spacial score (nSPS) is 12.3. The highest BCUT2D eigenvalue weighted by atomic mass is 32.1. The summed E-state index contributed by atoms with van der Waals surface area (Å²) >= 11 is 0.698. The van der Waals surface area contributed by atoms with Crippen LogP contribution in [-0.4, -0.2) is 4.98 Å². The number of halogens is 3. The molecule has 1 heterocycles. The Balaban J connectivity index is 2.56. The average Bonchev–Trinajstić information content (AvgIpc) is 2.59. The van der Waals surface area contributed by atoms with E-state index in [0.29, 0.717) is 21.6 Å². The van der Waals surface area contributed by atoms with Gasteiger partial charge in [-0.15, -0.1) is 11.3 Å². The zero-order valence-corrected chi connectivity index (χ0v) is 8.75. The van der Waals surface area contributed by atoms with Crippen molar-refractivity contribution in [2.24, 2.45) is 0 Å². The van der Waals surface area contributed by atoms with Crippen molar-refractivity contribution >= 4 is 21.6 Å². The van der Waals surface area contributed by atoms with Crippen LogP contribution in [0.3, 0.4) is 0 Å². The van der Waals surface area contributed by atoms with Crippen molar-refractivity contribution in [3.63, 3.8) is 0 Å². The predicted octanol–water partition coefficient (Wildman–Crippen LogP) is 3.88. The van der Waals surface area contributed by atoms with Gasteiger partial charge in [-0.05, 0) is 24.1 Å². The number of aryl methyl sites for hydroxylation is 1. The van der Waals surface area contributed by atoms with Gasteiger partial charge in [-0.25, -0.2) is 4.98 Å². The average molecular weight is 231 g/mol. The summed E-state index contributed by atoms with van der Waals surface area (Å²) in [5, 5.41) is -0.772. The third-order valence-corrected chi connectivity index (χ3v) is 3.17. The molecule has 0 unspecified atom stereocenters.